The molecule has 94 valence electrons. The zero-order valence-electron chi connectivity index (χ0n) is 10.5. The molecule has 0 aliphatic carbocycles. The molecular formula is C11H23N3O2. The van der Waals surface area contributed by atoms with Crippen LogP contribution in [0.2, 0.25) is 0 Å². The summed E-state index contributed by atoms with van der Waals surface area (Å²) >= 11 is 0. The molecule has 1 aliphatic rings. The fourth-order valence-corrected chi connectivity index (χ4v) is 1.47. The fraction of sp³-hybridized carbons (Fsp3) is 0.909. The molecule has 16 heavy (non-hydrogen) atoms. The van der Waals surface area contributed by atoms with Crippen molar-refractivity contribution in [1.29, 1.82) is 0 Å². The second kappa shape index (κ2) is 5.61. The molecule has 1 saturated heterocycles. The summed E-state index contributed by atoms with van der Waals surface area (Å²) in [5.74, 6) is -0.0763. The maximum Gasteiger partial charge on any atom is 0.237 e. The van der Waals surface area contributed by atoms with Gasteiger partial charge in [-0.1, -0.05) is 20.8 Å². The number of ether oxygens (including phenoxy) is 1. The van der Waals surface area contributed by atoms with Crippen LogP contribution in [-0.4, -0.2) is 49.8 Å². The van der Waals surface area contributed by atoms with Gasteiger partial charge in [-0.15, -0.1) is 0 Å². The summed E-state index contributed by atoms with van der Waals surface area (Å²) < 4.78 is 5.20. The van der Waals surface area contributed by atoms with Crippen molar-refractivity contribution in [2.75, 3.05) is 33.0 Å². The van der Waals surface area contributed by atoms with Gasteiger partial charge in [0.25, 0.3) is 0 Å². The molecule has 1 atom stereocenters. The zero-order valence-corrected chi connectivity index (χ0v) is 10.5. The van der Waals surface area contributed by atoms with Gasteiger partial charge in [-0.3, -0.25) is 9.69 Å². The van der Waals surface area contributed by atoms with E-state index in [2.05, 4.69) is 10.2 Å². The first-order chi connectivity index (χ1) is 7.41. The lowest BCUT2D eigenvalue weighted by Crippen LogP contribution is -2.49. The summed E-state index contributed by atoms with van der Waals surface area (Å²) in [6.45, 7) is 9.75. The third kappa shape index (κ3) is 4.08. The Morgan fingerprint density at radius 2 is 2.25 bits per heavy atom. The molecule has 1 amide bonds. The molecule has 1 fully saturated rings. The predicted molar refractivity (Wildman–Crippen MR) is 62.8 cm³/mol. The van der Waals surface area contributed by atoms with E-state index in [4.69, 9.17) is 10.5 Å². The Bertz CT molecular complexity index is 232. The summed E-state index contributed by atoms with van der Waals surface area (Å²) in [4.78, 5) is 13.8. The van der Waals surface area contributed by atoms with E-state index in [9.17, 15) is 4.79 Å². The molecular weight excluding hydrogens is 206 g/mol. The van der Waals surface area contributed by atoms with Gasteiger partial charge in [0.1, 0.15) is 0 Å². The van der Waals surface area contributed by atoms with Crippen molar-refractivity contribution in [2.24, 2.45) is 11.1 Å². The minimum Gasteiger partial charge on any atom is -0.365 e. The normalized spacial score (nSPS) is 19.8. The van der Waals surface area contributed by atoms with Crippen molar-refractivity contribution >= 4 is 5.91 Å². The molecule has 0 radical (unpaired) electrons. The van der Waals surface area contributed by atoms with Gasteiger partial charge >= 0.3 is 0 Å². The molecule has 0 spiro atoms. The number of hydrogen-bond acceptors (Lipinski definition) is 4. The van der Waals surface area contributed by atoms with Crippen molar-refractivity contribution in [1.82, 2.24) is 10.2 Å². The Labute approximate surface area is 97.3 Å². The smallest absolute Gasteiger partial charge is 0.237 e. The summed E-state index contributed by atoms with van der Waals surface area (Å²) in [6.07, 6.45) is 0. The first kappa shape index (κ1) is 13.4. The second-order valence-electron chi connectivity index (χ2n) is 5.29. The predicted octanol–water partition coefficient (Wildman–Crippen LogP) is -0.234. The van der Waals surface area contributed by atoms with Gasteiger partial charge in [0, 0.05) is 19.6 Å². The van der Waals surface area contributed by atoms with Crippen LogP contribution in [0.1, 0.15) is 20.8 Å². The lowest BCUT2D eigenvalue weighted by atomic mass is 9.87. The van der Waals surface area contributed by atoms with Crippen LogP contribution in [0.3, 0.4) is 0 Å². The Morgan fingerprint density at radius 3 is 2.75 bits per heavy atom. The van der Waals surface area contributed by atoms with Gasteiger partial charge in [0.15, 0.2) is 0 Å². The molecule has 1 rings (SSSR count). The maximum absolute atomic E-state index is 11.7. The highest BCUT2D eigenvalue weighted by Crippen LogP contribution is 2.16. The van der Waals surface area contributed by atoms with E-state index >= 15 is 0 Å². The third-order valence-corrected chi connectivity index (χ3v) is 2.77. The van der Waals surface area contributed by atoms with Crippen molar-refractivity contribution < 1.29 is 9.53 Å². The number of rotatable bonds is 4. The lowest BCUT2D eigenvalue weighted by molar-refractivity contribution is -0.124. The van der Waals surface area contributed by atoms with E-state index in [0.29, 0.717) is 13.3 Å². The van der Waals surface area contributed by atoms with Crippen LogP contribution >= 0.6 is 0 Å². The highest BCUT2D eigenvalue weighted by molar-refractivity contribution is 5.82. The van der Waals surface area contributed by atoms with Crippen LogP contribution in [0.4, 0.5) is 0 Å². The van der Waals surface area contributed by atoms with E-state index in [-0.39, 0.29) is 11.3 Å². The second-order valence-corrected chi connectivity index (χ2v) is 5.29. The Kier molecular flexibility index (Phi) is 4.70. The largest absolute Gasteiger partial charge is 0.365 e. The fourth-order valence-electron chi connectivity index (χ4n) is 1.47. The van der Waals surface area contributed by atoms with Gasteiger partial charge in [-0.25, -0.2) is 0 Å². The number of carbonyl (C=O) groups excluding carboxylic acids is 1. The minimum atomic E-state index is -0.456. The van der Waals surface area contributed by atoms with Crippen molar-refractivity contribution in [3.63, 3.8) is 0 Å². The van der Waals surface area contributed by atoms with Gasteiger partial charge in [-0.2, -0.15) is 0 Å². The summed E-state index contributed by atoms with van der Waals surface area (Å²) in [7, 11) is 0. The van der Waals surface area contributed by atoms with Crippen molar-refractivity contribution in [3.8, 4) is 0 Å². The highest BCUT2D eigenvalue weighted by Gasteiger charge is 2.27. The monoisotopic (exact) mass is 229 g/mol. The molecule has 5 nitrogen and oxygen atoms in total. The van der Waals surface area contributed by atoms with Crippen LogP contribution in [-0.2, 0) is 9.53 Å². The van der Waals surface area contributed by atoms with Crippen LogP contribution in [0.15, 0.2) is 0 Å². The highest BCUT2D eigenvalue weighted by atomic mass is 16.5. The number of hydrogen-bond donors (Lipinski definition) is 2. The number of nitrogens with two attached hydrogens (primary N) is 1. The number of amides is 1. The number of nitrogens with one attached hydrogen (secondary N) is 1. The average Bonchev–Trinajstić information content (AvgIpc) is 2.67. The summed E-state index contributed by atoms with van der Waals surface area (Å²) in [6, 6.07) is -0.456. The molecule has 3 N–H and O–H groups in total. The van der Waals surface area contributed by atoms with Gasteiger partial charge < -0.3 is 15.8 Å². The first-order valence-electron chi connectivity index (χ1n) is 5.74. The Morgan fingerprint density at radius 1 is 1.56 bits per heavy atom. The Hall–Kier alpha value is -0.650. The quantitative estimate of drug-likeness (QED) is 0.698. The van der Waals surface area contributed by atoms with Gasteiger partial charge in [0.2, 0.25) is 5.91 Å². The molecule has 0 aromatic rings. The molecule has 5 heteroatoms. The van der Waals surface area contributed by atoms with Crippen molar-refractivity contribution in [3.05, 3.63) is 0 Å². The molecule has 1 aliphatic heterocycles. The standard InChI is InChI=1S/C11H23N3O2/c1-11(2,3)9(12)10(15)13-4-5-14-6-7-16-8-14/h9H,4-8,12H2,1-3H3,(H,13,15). The molecule has 0 bridgehead atoms. The van der Waals surface area contributed by atoms with E-state index in [1.807, 2.05) is 20.8 Å². The lowest BCUT2D eigenvalue weighted by Gasteiger charge is -2.26. The summed E-state index contributed by atoms with van der Waals surface area (Å²) in [5, 5.41) is 2.85. The van der Waals surface area contributed by atoms with Gasteiger partial charge in [-0.05, 0) is 5.41 Å². The van der Waals surface area contributed by atoms with Gasteiger partial charge in [0.05, 0.1) is 19.4 Å². The van der Waals surface area contributed by atoms with Crippen molar-refractivity contribution in [2.45, 2.75) is 26.8 Å². The topological polar surface area (TPSA) is 67.6 Å². The zero-order chi connectivity index (χ0) is 12.2. The van der Waals surface area contributed by atoms with Crippen LogP contribution < -0.4 is 11.1 Å². The van der Waals surface area contributed by atoms with E-state index in [1.54, 1.807) is 0 Å². The van der Waals surface area contributed by atoms with Crippen LogP contribution in [0, 0.1) is 5.41 Å². The van der Waals surface area contributed by atoms with Crippen LogP contribution in [0.5, 0.6) is 0 Å². The SMILES string of the molecule is CC(C)(C)C(N)C(=O)NCCN1CCOC1. The third-order valence-electron chi connectivity index (χ3n) is 2.77. The molecule has 0 aromatic heterocycles. The molecule has 1 heterocycles. The first-order valence-corrected chi connectivity index (χ1v) is 5.74. The molecule has 1 unspecified atom stereocenters. The molecule has 0 saturated carbocycles. The molecule has 0 aromatic carbocycles. The summed E-state index contributed by atoms with van der Waals surface area (Å²) in [5.41, 5.74) is 5.64. The Balaban J connectivity index is 2.19. The average molecular weight is 229 g/mol. The van der Waals surface area contributed by atoms with Crippen LogP contribution in [0.25, 0.3) is 0 Å². The minimum absolute atomic E-state index is 0.0763. The van der Waals surface area contributed by atoms with E-state index in [0.717, 1.165) is 19.7 Å². The number of carbonyl (C=O) groups is 1. The van der Waals surface area contributed by atoms with E-state index < -0.39 is 6.04 Å². The number of nitrogens with zero attached hydrogens (tertiary/aromatic N) is 1. The maximum atomic E-state index is 11.7. The van der Waals surface area contributed by atoms with E-state index in [1.165, 1.54) is 0 Å².